The van der Waals surface area contributed by atoms with E-state index in [1.54, 1.807) is 24.3 Å². The first kappa shape index (κ1) is 10.8. The topological polar surface area (TPSA) is 83.6 Å². The molecule has 1 aliphatic rings. The Balaban J connectivity index is 2.43. The minimum absolute atomic E-state index is 0.312. The van der Waals surface area contributed by atoms with E-state index in [2.05, 4.69) is 0 Å². The number of rotatable bonds is 2. The highest BCUT2D eigenvalue weighted by atomic mass is 16.3. The van der Waals surface area contributed by atoms with E-state index in [9.17, 15) is 14.7 Å². The van der Waals surface area contributed by atoms with E-state index in [0.29, 0.717) is 11.1 Å². The molecule has 0 aliphatic carbocycles. The van der Waals surface area contributed by atoms with E-state index < -0.39 is 24.1 Å². The Labute approximate surface area is 92.5 Å². The molecule has 1 unspecified atom stereocenters. The van der Waals surface area contributed by atoms with E-state index >= 15 is 0 Å². The van der Waals surface area contributed by atoms with Gasteiger partial charge in [-0.25, -0.2) is 4.90 Å². The number of amides is 2. The number of aliphatic hydroxyl groups is 1. The molecule has 0 aromatic heterocycles. The number of benzene rings is 1. The first-order valence-corrected chi connectivity index (χ1v) is 4.94. The van der Waals surface area contributed by atoms with Crippen molar-refractivity contribution in [1.29, 1.82) is 0 Å². The minimum atomic E-state index is -1.28. The molecule has 2 amide bonds. The van der Waals surface area contributed by atoms with Gasteiger partial charge in [-0.3, -0.25) is 9.59 Å². The fourth-order valence-corrected chi connectivity index (χ4v) is 1.68. The average molecular weight is 220 g/mol. The zero-order valence-corrected chi connectivity index (χ0v) is 8.75. The summed E-state index contributed by atoms with van der Waals surface area (Å²) in [4.78, 5) is 24.5. The number of fused-ring (bicyclic) bond motifs is 1. The second kappa shape index (κ2) is 3.70. The molecule has 5 nitrogen and oxygen atoms in total. The smallest absolute Gasteiger partial charge is 0.263 e. The molecule has 1 heterocycles. The fraction of sp³-hybridized carbons (Fsp3) is 0.273. The molecule has 16 heavy (non-hydrogen) atoms. The molecular formula is C11H12N2O3. The minimum Gasteiger partial charge on any atom is -0.371 e. The molecule has 0 radical (unpaired) electrons. The molecule has 0 saturated heterocycles. The summed E-state index contributed by atoms with van der Waals surface area (Å²) in [5, 5.41) is 9.70. The summed E-state index contributed by atoms with van der Waals surface area (Å²) < 4.78 is 0. The second-order valence-electron chi connectivity index (χ2n) is 3.80. The lowest BCUT2D eigenvalue weighted by Gasteiger charge is -2.23. The van der Waals surface area contributed by atoms with Crippen LogP contribution in [-0.2, 0) is 0 Å². The van der Waals surface area contributed by atoms with Crippen molar-refractivity contribution < 1.29 is 14.7 Å². The van der Waals surface area contributed by atoms with Gasteiger partial charge >= 0.3 is 0 Å². The maximum Gasteiger partial charge on any atom is 0.263 e. The van der Waals surface area contributed by atoms with Gasteiger partial charge in [0, 0.05) is 6.04 Å². The Kier molecular flexibility index (Phi) is 2.49. The summed E-state index contributed by atoms with van der Waals surface area (Å²) in [6, 6.07) is 5.78. The number of carbonyl (C=O) groups is 2. The van der Waals surface area contributed by atoms with Gasteiger partial charge in [0.15, 0.2) is 6.23 Å². The third-order valence-electron chi connectivity index (χ3n) is 2.56. The highest BCUT2D eigenvalue weighted by Gasteiger charge is 2.40. The number of nitrogens with two attached hydrogens (primary N) is 1. The Morgan fingerprint density at radius 2 is 1.62 bits per heavy atom. The average Bonchev–Trinajstić information content (AvgIpc) is 2.52. The van der Waals surface area contributed by atoms with Crippen LogP contribution in [0.3, 0.4) is 0 Å². The number of aliphatic hydroxyl groups excluding tert-OH is 1. The van der Waals surface area contributed by atoms with Crippen molar-refractivity contribution in [2.75, 3.05) is 0 Å². The summed E-state index contributed by atoms with van der Waals surface area (Å²) in [6.07, 6.45) is -1.28. The van der Waals surface area contributed by atoms with Crippen molar-refractivity contribution in [2.45, 2.75) is 19.2 Å². The van der Waals surface area contributed by atoms with Crippen LogP contribution in [0.4, 0.5) is 0 Å². The predicted octanol–water partition coefficient (Wildman–Crippen LogP) is -0.0518. The molecule has 1 aromatic rings. The number of nitrogens with zero attached hydrogens (tertiary/aromatic N) is 1. The SMILES string of the molecule is C[C@H](N)C(O)N1C(=O)c2ccccc2C1=O. The summed E-state index contributed by atoms with van der Waals surface area (Å²) in [5.41, 5.74) is 6.10. The summed E-state index contributed by atoms with van der Waals surface area (Å²) >= 11 is 0. The van der Waals surface area contributed by atoms with Crippen LogP contribution in [0, 0.1) is 0 Å². The van der Waals surface area contributed by atoms with Gasteiger partial charge in [0.2, 0.25) is 0 Å². The lowest BCUT2D eigenvalue weighted by molar-refractivity contribution is 0.00544. The molecule has 1 aliphatic heterocycles. The van der Waals surface area contributed by atoms with Crippen molar-refractivity contribution in [3.8, 4) is 0 Å². The van der Waals surface area contributed by atoms with Crippen LogP contribution < -0.4 is 5.73 Å². The zero-order chi connectivity index (χ0) is 11.9. The van der Waals surface area contributed by atoms with Gasteiger partial charge in [-0.1, -0.05) is 12.1 Å². The van der Waals surface area contributed by atoms with Crippen molar-refractivity contribution in [2.24, 2.45) is 5.73 Å². The van der Waals surface area contributed by atoms with Crippen LogP contribution in [-0.4, -0.2) is 34.1 Å². The highest BCUT2D eigenvalue weighted by molar-refractivity contribution is 6.21. The van der Waals surface area contributed by atoms with Crippen LogP contribution >= 0.6 is 0 Å². The number of hydrogen-bond acceptors (Lipinski definition) is 4. The quantitative estimate of drug-likeness (QED) is 0.684. The van der Waals surface area contributed by atoms with Gasteiger partial charge < -0.3 is 10.8 Å². The third-order valence-corrected chi connectivity index (χ3v) is 2.56. The highest BCUT2D eigenvalue weighted by Crippen LogP contribution is 2.24. The summed E-state index contributed by atoms with van der Waals surface area (Å²) in [7, 11) is 0. The standard InChI is InChI=1S/C11H12N2O3/c1-6(12)9(14)13-10(15)7-4-2-3-5-8(7)11(13)16/h2-6,9,14H,12H2,1H3/t6-,9?/m0/s1. The Morgan fingerprint density at radius 3 is 2.00 bits per heavy atom. The summed E-state index contributed by atoms with van der Waals surface area (Å²) in [5.74, 6) is -0.990. The largest absolute Gasteiger partial charge is 0.371 e. The first-order valence-electron chi connectivity index (χ1n) is 4.94. The van der Waals surface area contributed by atoms with Crippen molar-refractivity contribution in [3.63, 3.8) is 0 Å². The molecule has 5 heteroatoms. The van der Waals surface area contributed by atoms with Crippen LogP contribution in [0.25, 0.3) is 0 Å². The summed E-state index contributed by atoms with van der Waals surface area (Å²) in [6.45, 7) is 1.54. The second-order valence-corrected chi connectivity index (χ2v) is 3.80. The molecule has 1 aromatic carbocycles. The maximum absolute atomic E-state index is 11.8. The van der Waals surface area contributed by atoms with Gasteiger partial charge in [0.1, 0.15) is 0 Å². The van der Waals surface area contributed by atoms with Crippen LogP contribution in [0.1, 0.15) is 27.6 Å². The maximum atomic E-state index is 11.8. The van der Waals surface area contributed by atoms with Crippen LogP contribution in [0.5, 0.6) is 0 Å². The van der Waals surface area contributed by atoms with Crippen molar-refractivity contribution in [1.82, 2.24) is 4.90 Å². The molecule has 0 bridgehead atoms. The zero-order valence-electron chi connectivity index (χ0n) is 8.75. The van der Waals surface area contributed by atoms with Gasteiger partial charge in [0.25, 0.3) is 11.8 Å². The molecular weight excluding hydrogens is 208 g/mol. The molecule has 84 valence electrons. The van der Waals surface area contributed by atoms with Gasteiger partial charge in [-0.15, -0.1) is 0 Å². The van der Waals surface area contributed by atoms with E-state index in [1.165, 1.54) is 6.92 Å². The van der Waals surface area contributed by atoms with E-state index in [1.807, 2.05) is 0 Å². The molecule has 2 atom stereocenters. The van der Waals surface area contributed by atoms with E-state index in [-0.39, 0.29) is 0 Å². The van der Waals surface area contributed by atoms with Gasteiger partial charge in [0.05, 0.1) is 11.1 Å². The lowest BCUT2D eigenvalue weighted by atomic mass is 10.1. The molecule has 3 N–H and O–H groups in total. The van der Waals surface area contributed by atoms with Crippen molar-refractivity contribution in [3.05, 3.63) is 35.4 Å². The first-order chi connectivity index (χ1) is 7.54. The monoisotopic (exact) mass is 220 g/mol. The van der Waals surface area contributed by atoms with Gasteiger partial charge in [-0.2, -0.15) is 0 Å². The Bertz CT molecular complexity index is 421. The number of imide groups is 1. The third kappa shape index (κ3) is 1.41. The molecule has 0 fully saturated rings. The van der Waals surface area contributed by atoms with E-state index in [4.69, 9.17) is 5.73 Å². The van der Waals surface area contributed by atoms with Gasteiger partial charge in [-0.05, 0) is 19.1 Å². The molecule has 2 rings (SSSR count). The normalized spacial score (nSPS) is 18.6. The molecule has 0 saturated carbocycles. The Hall–Kier alpha value is -1.72. The number of carbonyl (C=O) groups excluding carboxylic acids is 2. The number of hydrogen-bond donors (Lipinski definition) is 2. The fourth-order valence-electron chi connectivity index (χ4n) is 1.68. The lowest BCUT2D eigenvalue weighted by Crippen LogP contribution is -2.49. The predicted molar refractivity (Wildman–Crippen MR) is 56.6 cm³/mol. The van der Waals surface area contributed by atoms with E-state index in [0.717, 1.165) is 4.90 Å². The van der Waals surface area contributed by atoms with Crippen LogP contribution in [0.2, 0.25) is 0 Å². The van der Waals surface area contributed by atoms with Crippen molar-refractivity contribution >= 4 is 11.8 Å². The Morgan fingerprint density at radius 1 is 1.19 bits per heavy atom. The molecule has 0 spiro atoms. The van der Waals surface area contributed by atoms with Crippen LogP contribution in [0.15, 0.2) is 24.3 Å².